The molecule has 0 unspecified atom stereocenters. The summed E-state index contributed by atoms with van der Waals surface area (Å²) in [5, 5.41) is 11.4. The van der Waals surface area contributed by atoms with E-state index in [2.05, 4.69) is 15.5 Å². The summed E-state index contributed by atoms with van der Waals surface area (Å²) in [7, 11) is 0. The molecule has 0 bridgehead atoms. The van der Waals surface area contributed by atoms with Gasteiger partial charge in [-0.25, -0.2) is 4.39 Å². The summed E-state index contributed by atoms with van der Waals surface area (Å²) >= 11 is 5.83. The van der Waals surface area contributed by atoms with Crippen LogP contribution in [0.4, 0.5) is 4.39 Å². The van der Waals surface area contributed by atoms with Crippen LogP contribution in [-0.4, -0.2) is 23.3 Å². The molecule has 2 rings (SSSR count). The molecule has 0 saturated heterocycles. The lowest BCUT2D eigenvalue weighted by Gasteiger charge is -1.99. The highest BCUT2D eigenvalue weighted by molar-refractivity contribution is 6.30. The summed E-state index contributed by atoms with van der Waals surface area (Å²) in [5.41, 5.74) is 0.234. The third-order valence-electron chi connectivity index (χ3n) is 2.62. The Labute approximate surface area is 116 Å². The molecule has 1 aromatic carbocycles. The molecule has 0 atom stereocenters. The van der Waals surface area contributed by atoms with Crippen molar-refractivity contribution in [2.24, 2.45) is 0 Å². The Kier molecular flexibility index (Phi) is 4.87. The number of nitrogens with zero attached hydrogens (tertiary/aromatic N) is 2. The molecule has 4 nitrogen and oxygen atoms in total. The first-order valence-electron chi connectivity index (χ1n) is 6.19. The fourth-order valence-corrected chi connectivity index (χ4v) is 1.84. The molecule has 0 aliphatic heterocycles. The van der Waals surface area contributed by atoms with Crippen molar-refractivity contribution in [3.8, 4) is 11.5 Å². The van der Waals surface area contributed by atoms with E-state index in [9.17, 15) is 4.39 Å². The molecular formula is C13H15ClFN3O. The summed E-state index contributed by atoms with van der Waals surface area (Å²) in [4.78, 5) is 0. The molecule has 0 aliphatic rings. The SMILES string of the molecule is CCNCCCc1nnc(-c2cc(Cl)ccc2F)o1. The van der Waals surface area contributed by atoms with Crippen molar-refractivity contribution in [3.63, 3.8) is 0 Å². The lowest BCUT2D eigenvalue weighted by Crippen LogP contribution is -2.14. The van der Waals surface area contributed by atoms with Crippen molar-refractivity contribution in [2.75, 3.05) is 13.1 Å². The van der Waals surface area contributed by atoms with E-state index >= 15 is 0 Å². The van der Waals surface area contributed by atoms with Crippen LogP contribution in [0.2, 0.25) is 5.02 Å². The second-order valence-corrected chi connectivity index (χ2v) is 4.52. The molecule has 2 aromatic rings. The number of rotatable bonds is 6. The number of hydrogen-bond acceptors (Lipinski definition) is 4. The van der Waals surface area contributed by atoms with Gasteiger partial charge in [-0.05, 0) is 37.7 Å². The molecule has 0 spiro atoms. The van der Waals surface area contributed by atoms with Gasteiger partial charge < -0.3 is 9.73 Å². The van der Waals surface area contributed by atoms with E-state index in [1.54, 1.807) is 0 Å². The predicted molar refractivity (Wildman–Crippen MR) is 71.6 cm³/mol. The molecule has 0 amide bonds. The zero-order valence-corrected chi connectivity index (χ0v) is 11.4. The van der Waals surface area contributed by atoms with Gasteiger partial charge in [0.05, 0.1) is 5.56 Å². The van der Waals surface area contributed by atoms with Gasteiger partial charge in [0.1, 0.15) is 5.82 Å². The summed E-state index contributed by atoms with van der Waals surface area (Å²) < 4.78 is 19.1. The zero-order chi connectivity index (χ0) is 13.7. The molecule has 0 saturated carbocycles. The van der Waals surface area contributed by atoms with Gasteiger partial charge in [0.15, 0.2) is 0 Å². The zero-order valence-electron chi connectivity index (χ0n) is 10.6. The summed E-state index contributed by atoms with van der Waals surface area (Å²) in [5.74, 6) is 0.248. The second kappa shape index (κ2) is 6.63. The molecule has 0 fully saturated rings. The molecule has 0 radical (unpaired) electrons. The highest BCUT2D eigenvalue weighted by Gasteiger charge is 2.13. The van der Waals surface area contributed by atoms with Crippen LogP contribution in [0.25, 0.3) is 11.5 Å². The first kappa shape index (κ1) is 14.0. The number of aromatic nitrogens is 2. The van der Waals surface area contributed by atoms with Gasteiger partial charge in [-0.2, -0.15) is 0 Å². The molecule has 1 aromatic heterocycles. The first-order valence-corrected chi connectivity index (χ1v) is 6.57. The molecule has 19 heavy (non-hydrogen) atoms. The first-order chi connectivity index (χ1) is 9.20. The summed E-state index contributed by atoms with van der Waals surface area (Å²) in [6, 6.07) is 4.24. The van der Waals surface area contributed by atoms with E-state index in [0.717, 1.165) is 19.5 Å². The minimum absolute atomic E-state index is 0.165. The van der Waals surface area contributed by atoms with Crippen molar-refractivity contribution >= 4 is 11.6 Å². The van der Waals surface area contributed by atoms with E-state index in [0.29, 0.717) is 17.3 Å². The second-order valence-electron chi connectivity index (χ2n) is 4.08. The lowest BCUT2D eigenvalue weighted by atomic mass is 10.2. The van der Waals surface area contributed by atoms with Gasteiger partial charge >= 0.3 is 0 Å². The van der Waals surface area contributed by atoms with E-state index in [1.165, 1.54) is 18.2 Å². The number of hydrogen-bond donors (Lipinski definition) is 1. The molecule has 1 N–H and O–H groups in total. The van der Waals surface area contributed by atoms with Crippen molar-refractivity contribution in [1.29, 1.82) is 0 Å². The quantitative estimate of drug-likeness (QED) is 0.828. The smallest absolute Gasteiger partial charge is 0.250 e. The van der Waals surface area contributed by atoms with Crippen LogP contribution in [0, 0.1) is 5.82 Å². The van der Waals surface area contributed by atoms with Crippen LogP contribution < -0.4 is 5.32 Å². The number of aryl methyl sites for hydroxylation is 1. The minimum Gasteiger partial charge on any atom is -0.421 e. The number of halogens is 2. The minimum atomic E-state index is -0.424. The van der Waals surface area contributed by atoms with Crippen molar-refractivity contribution in [3.05, 3.63) is 34.9 Å². The molecule has 0 aliphatic carbocycles. The van der Waals surface area contributed by atoms with Crippen molar-refractivity contribution < 1.29 is 8.81 Å². The largest absolute Gasteiger partial charge is 0.421 e. The van der Waals surface area contributed by atoms with Gasteiger partial charge in [-0.3, -0.25) is 0 Å². The Morgan fingerprint density at radius 1 is 1.37 bits per heavy atom. The maximum Gasteiger partial charge on any atom is 0.250 e. The van der Waals surface area contributed by atoms with Crippen molar-refractivity contribution in [2.45, 2.75) is 19.8 Å². The maximum atomic E-state index is 13.6. The molecule has 102 valence electrons. The monoisotopic (exact) mass is 283 g/mol. The van der Waals surface area contributed by atoms with Crippen molar-refractivity contribution in [1.82, 2.24) is 15.5 Å². The van der Waals surface area contributed by atoms with E-state index in [1.807, 2.05) is 6.92 Å². The molecular weight excluding hydrogens is 269 g/mol. The van der Waals surface area contributed by atoms with Crippen LogP contribution in [0.1, 0.15) is 19.2 Å². The number of benzene rings is 1. The Bertz CT molecular complexity index is 544. The average Bonchev–Trinajstić information content (AvgIpc) is 2.86. The lowest BCUT2D eigenvalue weighted by molar-refractivity contribution is 0.489. The van der Waals surface area contributed by atoms with Gasteiger partial charge in [0, 0.05) is 11.4 Å². The van der Waals surface area contributed by atoms with Crippen LogP contribution in [0.15, 0.2) is 22.6 Å². The standard InChI is InChI=1S/C13H15ClFN3O/c1-2-16-7-3-4-12-17-18-13(19-12)10-8-9(14)5-6-11(10)15/h5-6,8,16H,2-4,7H2,1H3. The fraction of sp³-hybridized carbons (Fsp3) is 0.385. The van der Waals surface area contributed by atoms with E-state index in [4.69, 9.17) is 16.0 Å². The van der Waals surface area contributed by atoms with Crippen LogP contribution in [0.3, 0.4) is 0 Å². The highest BCUT2D eigenvalue weighted by atomic mass is 35.5. The third kappa shape index (κ3) is 3.75. The predicted octanol–water partition coefficient (Wildman–Crippen LogP) is 3.07. The Morgan fingerprint density at radius 2 is 2.21 bits per heavy atom. The normalized spacial score (nSPS) is 10.9. The van der Waals surface area contributed by atoms with Crippen LogP contribution >= 0.6 is 11.6 Å². The van der Waals surface area contributed by atoms with Gasteiger partial charge in [0.25, 0.3) is 5.89 Å². The van der Waals surface area contributed by atoms with Crippen LogP contribution in [0.5, 0.6) is 0 Å². The number of nitrogens with one attached hydrogen (secondary N) is 1. The third-order valence-corrected chi connectivity index (χ3v) is 2.85. The van der Waals surface area contributed by atoms with Gasteiger partial charge in [-0.1, -0.05) is 18.5 Å². The van der Waals surface area contributed by atoms with Gasteiger partial charge in [-0.15, -0.1) is 10.2 Å². The van der Waals surface area contributed by atoms with E-state index < -0.39 is 5.82 Å². The topological polar surface area (TPSA) is 51.0 Å². The van der Waals surface area contributed by atoms with E-state index in [-0.39, 0.29) is 11.5 Å². The summed E-state index contributed by atoms with van der Waals surface area (Å²) in [6.45, 7) is 3.87. The average molecular weight is 284 g/mol. The molecule has 1 heterocycles. The molecule has 6 heteroatoms. The fourth-order valence-electron chi connectivity index (χ4n) is 1.67. The maximum absolute atomic E-state index is 13.6. The van der Waals surface area contributed by atoms with Gasteiger partial charge in [0.2, 0.25) is 5.89 Å². The Morgan fingerprint density at radius 3 is 3.00 bits per heavy atom. The van der Waals surface area contributed by atoms with Crippen LogP contribution in [-0.2, 0) is 6.42 Å². The summed E-state index contributed by atoms with van der Waals surface area (Å²) in [6.07, 6.45) is 1.57. The Hall–Kier alpha value is -1.46. The highest BCUT2D eigenvalue weighted by Crippen LogP contribution is 2.25. The Balaban J connectivity index is 2.06.